The summed E-state index contributed by atoms with van der Waals surface area (Å²) in [7, 11) is 1.19. The maximum Gasteiger partial charge on any atom is 0.306 e. The molecule has 0 aliphatic carbocycles. The van der Waals surface area contributed by atoms with Gasteiger partial charge in [0.15, 0.2) is 6.10 Å². The summed E-state index contributed by atoms with van der Waals surface area (Å²) < 4.78 is 34.3. The van der Waals surface area contributed by atoms with E-state index in [1.165, 1.54) is 276 Å². The van der Waals surface area contributed by atoms with Crippen LogP contribution in [0.3, 0.4) is 0 Å². The van der Waals surface area contributed by atoms with Gasteiger partial charge in [-0.15, -0.1) is 0 Å². The zero-order valence-electron chi connectivity index (χ0n) is 49.6. The Labute approximate surface area is 454 Å². The van der Waals surface area contributed by atoms with Crippen LogP contribution in [0.4, 0.5) is 0 Å². The Kier molecular flexibility index (Phi) is 55.0. The number of nitrogens with zero attached hydrogens (tertiary/aromatic N) is 1. The minimum atomic E-state index is -4.63. The van der Waals surface area contributed by atoms with Gasteiger partial charge in [-0.3, -0.25) is 14.2 Å². The van der Waals surface area contributed by atoms with Crippen LogP contribution in [0.5, 0.6) is 0 Å². The zero-order valence-corrected chi connectivity index (χ0v) is 50.5. The van der Waals surface area contributed by atoms with Gasteiger partial charge in [-0.1, -0.05) is 316 Å². The molecule has 0 fully saturated rings. The number of esters is 2. The minimum Gasteiger partial charge on any atom is -0.756 e. The molecule has 0 aromatic heterocycles. The molecule has 0 spiro atoms. The van der Waals surface area contributed by atoms with Gasteiger partial charge in [0.1, 0.15) is 19.8 Å². The van der Waals surface area contributed by atoms with E-state index in [4.69, 9.17) is 18.5 Å². The molecular formula is C63H126NO8P. The highest BCUT2D eigenvalue weighted by Gasteiger charge is 2.22. The number of unbranched alkanes of at least 4 members (excludes halogenated alkanes) is 47. The summed E-state index contributed by atoms with van der Waals surface area (Å²) in [6.07, 6.45) is 64.6. The fraction of sp³-hybridized carbons (Fsp3) is 0.968. The van der Waals surface area contributed by atoms with Crippen LogP contribution in [-0.4, -0.2) is 70.0 Å². The average Bonchev–Trinajstić information content (AvgIpc) is 3.35. The second kappa shape index (κ2) is 55.8. The number of hydrogen-bond acceptors (Lipinski definition) is 8. The number of phosphoric acid groups is 1. The predicted molar refractivity (Wildman–Crippen MR) is 310 cm³/mol. The number of quaternary nitrogens is 1. The van der Waals surface area contributed by atoms with Crippen LogP contribution >= 0.6 is 7.82 Å². The normalized spacial score (nSPS) is 13.1. The van der Waals surface area contributed by atoms with E-state index < -0.39 is 26.5 Å². The lowest BCUT2D eigenvalue weighted by atomic mass is 10.0. The van der Waals surface area contributed by atoms with Crippen LogP contribution in [0.1, 0.15) is 341 Å². The van der Waals surface area contributed by atoms with Crippen LogP contribution in [0.25, 0.3) is 0 Å². The molecule has 0 aliphatic heterocycles. The Morgan fingerprint density at radius 2 is 0.616 bits per heavy atom. The standard InChI is InChI=1S/C63H126NO8P/c1-6-8-10-12-14-16-18-20-22-24-26-28-29-30-31-32-33-34-35-36-38-40-42-44-46-48-50-52-54-56-63(66)72-61(60-71-73(67,68)70-58-57-64(3,4)5)59-69-62(65)55-53-51-49-47-45-43-41-39-37-27-25-23-21-19-17-15-13-11-9-7-2/h61H,6-60H2,1-5H3. The first-order valence-electron chi connectivity index (χ1n) is 32.2. The first kappa shape index (κ1) is 72.0. The Bertz CT molecular complexity index is 1200. The highest BCUT2D eigenvalue weighted by molar-refractivity contribution is 7.45. The third kappa shape index (κ3) is 60.1. The molecule has 0 amide bonds. The maximum atomic E-state index is 12.8. The lowest BCUT2D eigenvalue weighted by molar-refractivity contribution is -0.870. The Morgan fingerprint density at radius 3 is 0.877 bits per heavy atom. The molecule has 0 N–H and O–H groups in total. The number of phosphoric ester groups is 1. The summed E-state index contributed by atoms with van der Waals surface area (Å²) in [5.41, 5.74) is 0. The topological polar surface area (TPSA) is 111 Å². The van der Waals surface area contributed by atoms with E-state index in [2.05, 4.69) is 13.8 Å². The lowest BCUT2D eigenvalue weighted by Gasteiger charge is -2.28. The van der Waals surface area contributed by atoms with Gasteiger partial charge >= 0.3 is 11.9 Å². The minimum absolute atomic E-state index is 0.0249. The van der Waals surface area contributed by atoms with Crippen molar-refractivity contribution in [2.75, 3.05) is 47.5 Å². The van der Waals surface area contributed by atoms with Crippen LogP contribution in [-0.2, 0) is 32.7 Å². The number of hydrogen-bond donors (Lipinski definition) is 0. The van der Waals surface area contributed by atoms with Gasteiger partial charge in [-0.25, -0.2) is 0 Å². The van der Waals surface area contributed by atoms with E-state index in [9.17, 15) is 19.0 Å². The van der Waals surface area contributed by atoms with Crippen molar-refractivity contribution in [1.29, 1.82) is 0 Å². The monoisotopic (exact) mass is 1060 g/mol. The second-order valence-corrected chi connectivity index (χ2v) is 24.9. The van der Waals surface area contributed by atoms with E-state index in [1.54, 1.807) is 0 Å². The summed E-state index contributed by atoms with van der Waals surface area (Å²) in [5.74, 6) is -0.806. The van der Waals surface area contributed by atoms with Crippen molar-refractivity contribution in [1.82, 2.24) is 0 Å². The molecule has 436 valence electrons. The Morgan fingerprint density at radius 1 is 0.370 bits per heavy atom. The van der Waals surface area contributed by atoms with Crippen molar-refractivity contribution in [3.8, 4) is 0 Å². The Balaban J connectivity index is 4.01. The molecule has 73 heavy (non-hydrogen) atoms. The Hall–Kier alpha value is -0.990. The van der Waals surface area contributed by atoms with Gasteiger partial charge < -0.3 is 27.9 Å². The number of carbonyl (C=O) groups is 2. The molecule has 0 rings (SSSR count). The van der Waals surface area contributed by atoms with Gasteiger partial charge in [-0.2, -0.15) is 0 Å². The fourth-order valence-corrected chi connectivity index (χ4v) is 10.6. The number of likely N-dealkylation sites (N-methyl/N-ethyl adjacent to an activating group) is 1. The number of rotatable bonds is 61. The molecule has 0 radical (unpaired) electrons. The summed E-state index contributed by atoms with van der Waals surface area (Å²) in [6, 6.07) is 0. The van der Waals surface area contributed by atoms with Gasteiger partial charge in [0.05, 0.1) is 27.7 Å². The van der Waals surface area contributed by atoms with Gasteiger partial charge in [0.25, 0.3) is 7.82 Å². The first-order valence-corrected chi connectivity index (χ1v) is 33.7. The molecule has 0 saturated carbocycles. The van der Waals surface area contributed by atoms with E-state index in [0.29, 0.717) is 17.4 Å². The van der Waals surface area contributed by atoms with E-state index in [1.807, 2.05) is 21.1 Å². The number of carbonyl (C=O) groups excluding carboxylic acids is 2. The second-order valence-electron chi connectivity index (χ2n) is 23.5. The molecule has 9 nitrogen and oxygen atoms in total. The van der Waals surface area contributed by atoms with Crippen molar-refractivity contribution >= 4 is 19.8 Å². The third-order valence-electron chi connectivity index (χ3n) is 14.9. The summed E-state index contributed by atoms with van der Waals surface area (Å²) in [5, 5.41) is 0. The molecule has 0 heterocycles. The van der Waals surface area contributed by atoms with Crippen LogP contribution in [0, 0.1) is 0 Å². The van der Waals surface area contributed by atoms with E-state index >= 15 is 0 Å². The molecule has 0 aliphatic rings. The first-order chi connectivity index (χ1) is 35.5. The maximum absolute atomic E-state index is 12.8. The molecule has 0 saturated heterocycles. The SMILES string of the molecule is CCCCCCCCCCCCCCCCCCCCCCCCCCCCCCCC(=O)OC(COC(=O)CCCCCCCCCCCCCCCCCCCCCC)COP(=O)([O-])OCC[N+](C)(C)C. The molecule has 0 bridgehead atoms. The van der Waals surface area contributed by atoms with E-state index in [-0.39, 0.29) is 32.0 Å². The molecule has 10 heteroatoms. The van der Waals surface area contributed by atoms with Crippen molar-refractivity contribution in [2.24, 2.45) is 0 Å². The van der Waals surface area contributed by atoms with Crippen LogP contribution < -0.4 is 4.89 Å². The molecule has 0 aromatic rings. The summed E-state index contributed by atoms with van der Waals surface area (Å²) in [4.78, 5) is 37.9. The highest BCUT2D eigenvalue weighted by atomic mass is 31.2. The average molecular weight is 1060 g/mol. The van der Waals surface area contributed by atoms with Crippen molar-refractivity contribution in [2.45, 2.75) is 347 Å². The summed E-state index contributed by atoms with van der Waals surface area (Å²) in [6.45, 7) is 4.33. The summed E-state index contributed by atoms with van der Waals surface area (Å²) >= 11 is 0. The largest absolute Gasteiger partial charge is 0.756 e. The van der Waals surface area contributed by atoms with Crippen LogP contribution in [0.2, 0.25) is 0 Å². The molecule has 2 atom stereocenters. The number of ether oxygens (including phenoxy) is 2. The highest BCUT2D eigenvalue weighted by Crippen LogP contribution is 2.38. The van der Waals surface area contributed by atoms with Crippen molar-refractivity contribution in [3.63, 3.8) is 0 Å². The predicted octanol–water partition coefficient (Wildman–Crippen LogP) is 19.6. The zero-order chi connectivity index (χ0) is 53.5. The molecular weight excluding hydrogens is 930 g/mol. The lowest BCUT2D eigenvalue weighted by Crippen LogP contribution is -2.37. The van der Waals surface area contributed by atoms with Gasteiger partial charge in [-0.05, 0) is 12.8 Å². The van der Waals surface area contributed by atoms with Crippen molar-refractivity contribution < 1.29 is 42.1 Å². The quantitative estimate of drug-likeness (QED) is 0.0256. The third-order valence-corrected chi connectivity index (χ3v) is 15.8. The molecule has 2 unspecified atom stereocenters. The van der Waals surface area contributed by atoms with Crippen LogP contribution in [0.15, 0.2) is 0 Å². The van der Waals surface area contributed by atoms with E-state index in [0.717, 1.165) is 32.1 Å². The van der Waals surface area contributed by atoms with Crippen molar-refractivity contribution in [3.05, 3.63) is 0 Å². The fourth-order valence-electron chi connectivity index (χ4n) is 9.90. The van der Waals surface area contributed by atoms with Gasteiger partial charge in [0.2, 0.25) is 0 Å². The smallest absolute Gasteiger partial charge is 0.306 e. The molecule has 0 aromatic carbocycles. The van der Waals surface area contributed by atoms with Gasteiger partial charge in [0, 0.05) is 12.8 Å².